The number of phenolic OH excluding ortho intramolecular Hbond substituents is 1. The topological polar surface area (TPSA) is 32.3 Å². The summed E-state index contributed by atoms with van der Waals surface area (Å²) in [5, 5.41) is 10.7. The van der Waals surface area contributed by atoms with E-state index in [1.165, 1.54) is 12.1 Å². The number of aryl methyl sites for hydroxylation is 1. The second kappa shape index (κ2) is 3.77. The largest absolute Gasteiger partial charge is 0.508 e. The average Bonchev–Trinajstić information content (AvgIpc) is 2.11. The maximum atomic E-state index is 12.6. The monoisotopic (exact) mass is 205 g/mol. The lowest BCUT2D eigenvalue weighted by Crippen LogP contribution is -2.30. The number of aromatic hydroxyl groups is 1. The summed E-state index contributed by atoms with van der Waals surface area (Å²) in [4.78, 5) is 0. The molecule has 1 aromatic rings. The van der Waals surface area contributed by atoms with Gasteiger partial charge in [0.2, 0.25) is 0 Å². The van der Waals surface area contributed by atoms with Crippen molar-refractivity contribution >= 4 is 5.69 Å². The van der Waals surface area contributed by atoms with E-state index in [0.29, 0.717) is 5.56 Å². The van der Waals surface area contributed by atoms with Crippen LogP contribution in [0.3, 0.4) is 0 Å². The lowest BCUT2D eigenvalue weighted by molar-refractivity contribution is 0.00677. The third-order valence-electron chi connectivity index (χ3n) is 1.71. The Bertz CT molecular complexity index is 328. The molecule has 0 aromatic heterocycles. The lowest BCUT2D eigenvalue weighted by Gasteiger charge is -2.17. The molecule has 14 heavy (non-hydrogen) atoms. The summed E-state index contributed by atoms with van der Waals surface area (Å²) in [7, 11) is 0. The first-order valence-corrected chi connectivity index (χ1v) is 3.96. The van der Waals surface area contributed by atoms with Crippen LogP contribution in [0.4, 0.5) is 18.9 Å². The molecule has 0 radical (unpaired) electrons. The molecule has 0 saturated heterocycles. The van der Waals surface area contributed by atoms with Crippen LogP contribution >= 0.6 is 0 Å². The van der Waals surface area contributed by atoms with Crippen molar-refractivity contribution in [1.82, 2.24) is 0 Å². The highest BCUT2D eigenvalue weighted by molar-refractivity contribution is 5.55. The van der Waals surface area contributed by atoms with Gasteiger partial charge in [-0.25, -0.2) is 4.39 Å². The molecule has 0 saturated carbocycles. The highest BCUT2D eigenvalue weighted by Gasteiger charge is 2.28. The molecule has 0 atom stereocenters. The van der Waals surface area contributed by atoms with Gasteiger partial charge in [-0.1, -0.05) is 6.07 Å². The van der Waals surface area contributed by atoms with Crippen LogP contribution < -0.4 is 5.32 Å². The van der Waals surface area contributed by atoms with E-state index in [0.717, 1.165) is 6.07 Å². The number of halogens is 3. The van der Waals surface area contributed by atoms with E-state index in [1.807, 2.05) is 0 Å². The molecule has 0 heterocycles. The van der Waals surface area contributed by atoms with Crippen molar-refractivity contribution in [3.8, 4) is 5.75 Å². The minimum atomic E-state index is -3.60. The maximum Gasteiger partial charge on any atom is 0.351 e. The van der Waals surface area contributed by atoms with Gasteiger partial charge in [-0.2, -0.15) is 8.78 Å². The van der Waals surface area contributed by atoms with Crippen molar-refractivity contribution in [3.05, 3.63) is 23.8 Å². The molecule has 0 aliphatic carbocycles. The van der Waals surface area contributed by atoms with Crippen molar-refractivity contribution in [3.63, 3.8) is 0 Å². The van der Waals surface area contributed by atoms with Gasteiger partial charge in [0.05, 0.1) is 0 Å². The highest BCUT2D eigenvalue weighted by atomic mass is 19.3. The predicted molar refractivity (Wildman–Crippen MR) is 47.4 cm³/mol. The van der Waals surface area contributed by atoms with Crippen molar-refractivity contribution < 1.29 is 18.3 Å². The zero-order chi connectivity index (χ0) is 10.8. The van der Waals surface area contributed by atoms with Crippen molar-refractivity contribution in [2.45, 2.75) is 13.0 Å². The Morgan fingerprint density at radius 1 is 1.43 bits per heavy atom. The zero-order valence-corrected chi connectivity index (χ0v) is 7.52. The summed E-state index contributed by atoms with van der Waals surface area (Å²) < 4.78 is 37.0. The van der Waals surface area contributed by atoms with Gasteiger partial charge >= 0.3 is 6.05 Å². The van der Waals surface area contributed by atoms with E-state index in [-0.39, 0.29) is 11.4 Å². The van der Waals surface area contributed by atoms with Gasteiger partial charge in [0, 0.05) is 11.8 Å². The van der Waals surface area contributed by atoms with E-state index in [2.05, 4.69) is 0 Å². The molecule has 2 N–H and O–H groups in total. The zero-order valence-electron chi connectivity index (χ0n) is 7.52. The minimum absolute atomic E-state index is 0.0210. The van der Waals surface area contributed by atoms with E-state index >= 15 is 0 Å². The molecule has 1 aromatic carbocycles. The quantitative estimate of drug-likeness (QED) is 0.743. The molecular formula is C9H10F3NO. The number of anilines is 1. The summed E-state index contributed by atoms with van der Waals surface area (Å²) in [6.45, 7) is -0.210. The normalized spacial score (nSPS) is 11.4. The molecule has 0 unspecified atom stereocenters. The highest BCUT2D eigenvalue weighted by Crippen LogP contribution is 2.25. The standard InChI is InChI=1S/C9H10F3NO/c1-6-2-3-7(14)4-8(6)13-9(11,12)5-10/h2-4,13-14H,5H2,1H3. The summed E-state index contributed by atoms with van der Waals surface area (Å²) >= 11 is 0. The number of alkyl halides is 3. The second-order valence-electron chi connectivity index (χ2n) is 2.96. The summed E-state index contributed by atoms with van der Waals surface area (Å²) in [6.07, 6.45) is 0. The molecular weight excluding hydrogens is 195 g/mol. The lowest BCUT2D eigenvalue weighted by atomic mass is 10.2. The first-order chi connectivity index (χ1) is 6.44. The van der Waals surface area contributed by atoms with Gasteiger partial charge < -0.3 is 10.4 Å². The van der Waals surface area contributed by atoms with Gasteiger partial charge in [0.15, 0.2) is 6.67 Å². The molecule has 0 aliphatic heterocycles. The molecule has 1 rings (SSSR count). The Morgan fingerprint density at radius 3 is 2.64 bits per heavy atom. The van der Waals surface area contributed by atoms with E-state index in [4.69, 9.17) is 5.11 Å². The minimum Gasteiger partial charge on any atom is -0.508 e. The summed E-state index contributed by atoms with van der Waals surface area (Å²) in [5.74, 6) is -0.146. The van der Waals surface area contributed by atoms with Gasteiger partial charge in [-0.15, -0.1) is 0 Å². The Kier molecular flexibility index (Phi) is 2.88. The fraction of sp³-hybridized carbons (Fsp3) is 0.333. The molecule has 0 bridgehead atoms. The first-order valence-electron chi connectivity index (χ1n) is 3.96. The van der Waals surface area contributed by atoms with Crippen LogP contribution in [-0.2, 0) is 0 Å². The maximum absolute atomic E-state index is 12.6. The Balaban J connectivity index is 2.91. The van der Waals surface area contributed by atoms with Gasteiger partial charge in [-0.05, 0) is 18.6 Å². The summed E-state index contributed by atoms with van der Waals surface area (Å²) in [5.41, 5.74) is 0.531. The smallest absolute Gasteiger partial charge is 0.351 e. The van der Waals surface area contributed by atoms with E-state index < -0.39 is 12.7 Å². The third kappa shape index (κ3) is 2.55. The predicted octanol–water partition coefficient (Wildman–Crippen LogP) is 2.67. The van der Waals surface area contributed by atoms with Crippen molar-refractivity contribution in [2.75, 3.05) is 12.0 Å². The molecule has 0 spiro atoms. The Morgan fingerprint density at radius 2 is 2.07 bits per heavy atom. The fourth-order valence-corrected chi connectivity index (χ4v) is 0.975. The Hall–Kier alpha value is -1.39. The number of phenols is 1. The van der Waals surface area contributed by atoms with Crippen LogP contribution in [0.5, 0.6) is 5.75 Å². The number of benzene rings is 1. The molecule has 0 aliphatic rings. The van der Waals surface area contributed by atoms with Crippen LogP contribution in [0.2, 0.25) is 0 Å². The molecule has 5 heteroatoms. The number of nitrogens with one attached hydrogen (secondary N) is 1. The fourth-order valence-electron chi connectivity index (χ4n) is 0.975. The van der Waals surface area contributed by atoms with E-state index in [1.54, 1.807) is 12.2 Å². The SMILES string of the molecule is Cc1ccc(O)cc1NC(F)(F)CF. The van der Waals surface area contributed by atoms with Gasteiger partial charge in [-0.3, -0.25) is 0 Å². The van der Waals surface area contributed by atoms with E-state index in [9.17, 15) is 13.2 Å². The second-order valence-corrected chi connectivity index (χ2v) is 2.96. The average molecular weight is 205 g/mol. The molecule has 2 nitrogen and oxygen atoms in total. The Labute approximate surface area is 79.4 Å². The van der Waals surface area contributed by atoms with Crippen LogP contribution in [0.25, 0.3) is 0 Å². The number of hydrogen-bond acceptors (Lipinski definition) is 2. The third-order valence-corrected chi connectivity index (χ3v) is 1.71. The van der Waals surface area contributed by atoms with Crippen LogP contribution in [-0.4, -0.2) is 17.8 Å². The first kappa shape index (κ1) is 10.7. The van der Waals surface area contributed by atoms with Gasteiger partial charge in [0.25, 0.3) is 0 Å². The molecule has 0 amide bonds. The van der Waals surface area contributed by atoms with Crippen LogP contribution in [0.15, 0.2) is 18.2 Å². The van der Waals surface area contributed by atoms with Crippen LogP contribution in [0, 0.1) is 6.92 Å². The van der Waals surface area contributed by atoms with Crippen molar-refractivity contribution in [2.24, 2.45) is 0 Å². The van der Waals surface area contributed by atoms with Crippen molar-refractivity contribution in [1.29, 1.82) is 0 Å². The molecule has 0 fully saturated rings. The number of hydrogen-bond donors (Lipinski definition) is 2. The van der Waals surface area contributed by atoms with Crippen LogP contribution in [0.1, 0.15) is 5.56 Å². The van der Waals surface area contributed by atoms with Gasteiger partial charge in [0.1, 0.15) is 5.75 Å². The number of rotatable bonds is 3. The summed E-state index contributed by atoms with van der Waals surface area (Å²) in [6, 6.07) is 0.359. The molecule has 78 valence electrons.